The van der Waals surface area contributed by atoms with Crippen LogP contribution in [0, 0.1) is 5.92 Å². The van der Waals surface area contributed by atoms with Gasteiger partial charge < -0.3 is 15.7 Å². The second kappa shape index (κ2) is 9.30. The number of rotatable bonds is 7. The average Bonchev–Trinajstić information content (AvgIpc) is 2.51. The van der Waals surface area contributed by atoms with E-state index in [-0.39, 0.29) is 6.54 Å². The van der Waals surface area contributed by atoms with E-state index in [1.807, 2.05) is 45.9 Å². The van der Waals surface area contributed by atoms with Crippen LogP contribution < -0.4 is 10.6 Å². The molecule has 0 aliphatic heterocycles. The second-order valence-corrected chi connectivity index (χ2v) is 6.15. The summed E-state index contributed by atoms with van der Waals surface area (Å²) in [6, 6.07) is 5.90. The molecular weight excluding hydrogens is 292 g/mol. The van der Waals surface area contributed by atoms with E-state index in [2.05, 4.69) is 10.6 Å². The molecule has 23 heavy (non-hydrogen) atoms. The summed E-state index contributed by atoms with van der Waals surface area (Å²) in [5, 5.41) is 14.9. The van der Waals surface area contributed by atoms with Gasteiger partial charge in [0.05, 0.1) is 6.10 Å². The van der Waals surface area contributed by atoms with Crippen molar-refractivity contribution in [1.29, 1.82) is 0 Å². The van der Waals surface area contributed by atoms with Crippen molar-refractivity contribution in [2.24, 2.45) is 5.92 Å². The third-order valence-corrected chi connectivity index (χ3v) is 3.66. The first kappa shape index (κ1) is 19.2. The summed E-state index contributed by atoms with van der Waals surface area (Å²) in [5.74, 6) is -1.10. The van der Waals surface area contributed by atoms with Gasteiger partial charge in [0.25, 0.3) is 0 Å². The topological polar surface area (TPSA) is 78.4 Å². The fourth-order valence-electron chi connectivity index (χ4n) is 2.37. The van der Waals surface area contributed by atoms with Gasteiger partial charge in [0.2, 0.25) is 0 Å². The lowest BCUT2D eigenvalue weighted by Crippen LogP contribution is -2.40. The second-order valence-electron chi connectivity index (χ2n) is 6.15. The van der Waals surface area contributed by atoms with Crippen LogP contribution >= 0.6 is 0 Å². The molecule has 0 heterocycles. The van der Waals surface area contributed by atoms with Crippen molar-refractivity contribution in [1.82, 2.24) is 5.32 Å². The molecule has 0 aliphatic rings. The highest BCUT2D eigenvalue weighted by Crippen LogP contribution is 2.19. The smallest absolute Gasteiger partial charge is 0.313 e. The van der Waals surface area contributed by atoms with Crippen LogP contribution in [-0.4, -0.2) is 29.6 Å². The number of amides is 2. The fraction of sp³-hybridized carbons (Fsp3) is 0.556. The van der Waals surface area contributed by atoms with Crippen LogP contribution in [0.15, 0.2) is 18.2 Å². The standard InChI is InChI=1S/C18H28N2O3/c1-5-13-7-8-14(6-2)16(10-13)20-18(23)17(22)19-11-15(21)9-12(3)4/h7-8,10,12,15,21H,5-6,9,11H2,1-4H3,(H,19,22)(H,20,23). The van der Waals surface area contributed by atoms with Crippen molar-refractivity contribution in [2.45, 2.75) is 53.1 Å². The van der Waals surface area contributed by atoms with E-state index in [1.165, 1.54) is 0 Å². The van der Waals surface area contributed by atoms with Crippen molar-refractivity contribution in [3.63, 3.8) is 0 Å². The lowest BCUT2D eigenvalue weighted by Gasteiger charge is -2.14. The first-order valence-corrected chi connectivity index (χ1v) is 8.26. The van der Waals surface area contributed by atoms with Crippen LogP contribution in [0.25, 0.3) is 0 Å². The van der Waals surface area contributed by atoms with Gasteiger partial charge in [-0.15, -0.1) is 0 Å². The van der Waals surface area contributed by atoms with Crippen LogP contribution in [0.5, 0.6) is 0 Å². The minimum atomic E-state index is -0.725. The predicted molar refractivity (Wildman–Crippen MR) is 92.3 cm³/mol. The summed E-state index contributed by atoms with van der Waals surface area (Å²) >= 11 is 0. The van der Waals surface area contributed by atoms with Gasteiger partial charge in [-0.2, -0.15) is 0 Å². The molecule has 1 rings (SSSR count). The van der Waals surface area contributed by atoms with E-state index in [0.717, 1.165) is 24.0 Å². The number of aliphatic hydroxyl groups excluding tert-OH is 1. The Kier molecular flexibility index (Phi) is 7.75. The number of nitrogens with one attached hydrogen (secondary N) is 2. The summed E-state index contributed by atoms with van der Waals surface area (Å²) in [6.07, 6.45) is 1.58. The van der Waals surface area contributed by atoms with E-state index in [4.69, 9.17) is 0 Å². The molecule has 1 unspecified atom stereocenters. The van der Waals surface area contributed by atoms with Gasteiger partial charge in [-0.3, -0.25) is 9.59 Å². The van der Waals surface area contributed by atoms with Crippen LogP contribution in [-0.2, 0) is 22.4 Å². The quantitative estimate of drug-likeness (QED) is 0.674. The van der Waals surface area contributed by atoms with Gasteiger partial charge in [0.1, 0.15) is 0 Å². The number of carbonyl (C=O) groups excluding carboxylic acids is 2. The number of aliphatic hydroxyl groups is 1. The Morgan fingerprint density at radius 2 is 1.83 bits per heavy atom. The van der Waals surface area contributed by atoms with E-state index in [9.17, 15) is 14.7 Å². The minimum Gasteiger partial charge on any atom is -0.391 e. The Morgan fingerprint density at radius 1 is 1.13 bits per heavy atom. The zero-order valence-corrected chi connectivity index (χ0v) is 14.5. The summed E-state index contributed by atoms with van der Waals surface area (Å²) in [7, 11) is 0. The first-order valence-electron chi connectivity index (χ1n) is 8.26. The third kappa shape index (κ3) is 6.40. The van der Waals surface area contributed by atoms with Crippen molar-refractivity contribution < 1.29 is 14.7 Å². The maximum atomic E-state index is 12.0. The minimum absolute atomic E-state index is 0.0834. The highest BCUT2D eigenvalue weighted by Gasteiger charge is 2.17. The molecule has 0 aromatic heterocycles. The molecule has 1 atom stereocenters. The lowest BCUT2D eigenvalue weighted by atomic mass is 10.1. The van der Waals surface area contributed by atoms with Crippen molar-refractivity contribution in [3.8, 4) is 0 Å². The van der Waals surface area contributed by atoms with E-state index < -0.39 is 17.9 Å². The van der Waals surface area contributed by atoms with Crippen LogP contribution in [0.4, 0.5) is 5.69 Å². The van der Waals surface area contributed by atoms with Gasteiger partial charge in [-0.1, -0.05) is 39.8 Å². The fourth-order valence-corrected chi connectivity index (χ4v) is 2.37. The highest BCUT2D eigenvalue weighted by atomic mass is 16.3. The largest absolute Gasteiger partial charge is 0.391 e. The number of aryl methyl sites for hydroxylation is 2. The van der Waals surface area contributed by atoms with E-state index >= 15 is 0 Å². The zero-order chi connectivity index (χ0) is 17.4. The Labute approximate surface area is 138 Å². The Balaban J connectivity index is 2.63. The Bertz CT molecular complexity index is 541. The van der Waals surface area contributed by atoms with Crippen LogP contribution in [0.2, 0.25) is 0 Å². The van der Waals surface area contributed by atoms with Crippen LogP contribution in [0.1, 0.15) is 45.2 Å². The van der Waals surface area contributed by atoms with Gasteiger partial charge in [0, 0.05) is 12.2 Å². The van der Waals surface area contributed by atoms with Crippen LogP contribution in [0.3, 0.4) is 0 Å². The molecule has 0 saturated heterocycles. The maximum Gasteiger partial charge on any atom is 0.313 e. The number of hydrogen-bond donors (Lipinski definition) is 3. The molecule has 128 valence electrons. The molecule has 0 saturated carbocycles. The number of anilines is 1. The molecule has 5 heteroatoms. The highest BCUT2D eigenvalue weighted by molar-refractivity contribution is 6.39. The van der Waals surface area contributed by atoms with E-state index in [1.54, 1.807) is 0 Å². The molecule has 3 N–H and O–H groups in total. The summed E-state index contributed by atoms with van der Waals surface area (Å²) < 4.78 is 0. The van der Waals surface area contributed by atoms with Gasteiger partial charge >= 0.3 is 11.8 Å². The zero-order valence-electron chi connectivity index (χ0n) is 14.5. The normalized spacial score (nSPS) is 12.1. The monoisotopic (exact) mass is 320 g/mol. The molecule has 1 aromatic rings. The Morgan fingerprint density at radius 3 is 2.39 bits per heavy atom. The lowest BCUT2D eigenvalue weighted by molar-refractivity contribution is -0.136. The van der Waals surface area contributed by atoms with Gasteiger partial charge in [-0.25, -0.2) is 0 Å². The molecule has 1 aromatic carbocycles. The predicted octanol–water partition coefficient (Wildman–Crippen LogP) is 2.27. The molecule has 0 fully saturated rings. The van der Waals surface area contributed by atoms with Crippen molar-refractivity contribution in [3.05, 3.63) is 29.3 Å². The van der Waals surface area contributed by atoms with Crippen molar-refractivity contribution >= 4 is 17.5 Å². The molecule has 0 radical (unpaired) electrons. The molecule has 0 bridgehead atoms. The maximum absolute atomic E-state index is 12.0. The van der Waals surface area contributed by atoms with Crippen molar-refractivity contribution in [2.75, 3.05) is 11.9 Å². The summed E-state index contributed by atoms with van der Waals surface area (Å²) in [5.41, 5.74) is 2.77. The summed E-state index contributed by atoms with van der Waals surface area (Å²) in [6.45, 7) is 8.10. The van der Waals surface area contributed by atoms with E-state index in [0.29, 0.717) is 18.0 Å². The number of hydrogen-bond acceptors (Lipinski definition) is 3. The Hall–Kier alpha value is -1.88. The average molecular weight is 320 g/mol. The van der Waals surface area contributed by atoms with Gasteiger partial charge in [0.15, 0.2) is 0 Å². The number of benzene rings is 1. The molecule has 0 aliphatic carbocycles. The summed E-state index contributed by atoms with van der Waals surface area (Å²) in [4.78, 5) is 23.9. The number of carbonyl (C=O) groups is 2. The molecule has 5 nitrogen and oxygen atoms in total. The molecular formula is C18H28N2O3. The van der Waals surface area contributed by atoms with Gasteiger partial charge in [-0.05, 0) is 42.4 Å². The first-order chi connectivity index (χ1) is 10.9. The third-order valence-electron chi connectivity index (χ3n) is 3.66. The molecule has 2 amide bonds. The SMILES string of the molecule is CCc1ccc(CC)c(NC(=O)C(=O)NCC(O)CC(C)C)c1. The molecule has 0 spiro atoms.